The maximum absolute atomic E-state index is 13.4. The summed E-state index contributed by atoms with van der Waals surface area (Å²) in [5.41, 5.74) is 2.21. The number of halogens is 6. The molecule has 0 atom stereocenters. The van der Waals surface area contributed by atoms with Crippen LogP contribution in [0.2, 0.25) is 0 Å². The molecule has 0 aliphatic heterocycles. The van der Waals surface area contributed by atoms with Crippen molar-refractivity contribution in [3.05, 3.63) is 66.3 Å². The molecule has 0 saturated heterocycles. The monoisotopic (exact) mass is 826 g/mol. The van der Waals surface area contributed by atoms with E-state index in [1.807, 2.05) is 18.2 Å². The number of imidazole rings is 2. The molecule has 4 heterocycles. The molecular weight excluding hydrogens is 786 g/mol. The third-order valence-electron chi connectivity index (χ3n) is 10.0. The second-order valence-electron chi connectivity index (χ2n) is 14.5. The molecule has 0 unspecified atom stereocenters. The van der Waals surface area contributed by atoms with Crippen LogP contribution in [0.4, 0.5) is 38.0 Å². The van der Waals surface area contributed by atoms with Gasteiger partial charge in [0, 0.05) is 18.2 Å². The minimum Gasteiger partial charge on any atom is -0.493 e. The number of alkyl halides is 6. The Kier molecular flexibility index (Phi) is 10.7. The SMILES string of the molecule is COc1ccc(-n2cnc3c(NC4CC4)nc(C(F)(F)F)nc32)cc1OC.COc1ccc(Cn2cnc3c(NC4CC4)nc(C(F)(F)F)nc32)cc1OC1CCCC1. The maximum atomic E-state index is 13.4. The van der Waals surface area contributed by atoms with Gasteiger partial charge in [0.25, 0.3) is 0 Å². The number of nitrogens with zero attached hydrogens (tertiary/aromatic N) is 8. The lowest BCUT2D eigenvalue weighted by Gasteiger charge is -2.17. The lowest BCUT2D eigenvalue weighted by molar-refractivity contribution is -0.145. The Morgan fingerprint density at radius 1 is 0.627 bits per heavy atom. The van der Waals surface area contributed by atoms with E-state index in [1.54, 1.807) is 29.9 Å². The van der Waals surface area contributed by atoms with Gasteiger partial charge in [-0.25, -0.2) is 29.9 Å². The molecule has 9 rings (SSSR count). The van der Waals surface area contributed by atoms with E-state index in [0.717, 1.165) is 56.9 Å². The summed E-state index contributed by atoms with van der Waals surface area (Å²) in [4.78, 5) is 23.4. The minimum absolute atomic E-state index is 0.0627. The van der Waals surface area contributed by atoms with Gasteiger partial charge in [-0.1, -0.05) is 6.07 Å². The van der Waals surface area contributed by atoms with Gasteiger partial charge in [0.2, 0.25) is 11.6 Å². The molecule has 6 aromatic rings. The summed E-state index contributed by atoms with van der Waals surface area (Å²) in [6.45, 7) is 0.290. The smallest absolute Gasteiger partial charge is 0.451 e. The fourth-order valence-electron chi connectivity index (χ4n) is 6.71. The predicted molar refractivity (Wildman–Crippen MR) is 203 cm³/mol. The molecule has 2 N–H and O–H groups in total. The highest BCUT2D eigenvalue weighted by Crippen LogP contribution is 2.37. The Labute approximate surface area is 333 Å². The van der Waals surface area contributed by atoms with E-state index in [1.165, 1.54) is 31.4 Å². The van der Waals surface area contributed by atoms with Crippen molar-refractivity contribution >= 4 is 34.0 Å². The van der Waals surface area contributed by atoms with Gasteiger partial charge in [-0.3, -0.25) is 4.57 Å². The van der Waals surface area contributed by atoms with Crippen molar-refractivity contribution in [3.63, 3.8) is 0 Å². The number of hydrogen-bond acceptors (Lipinski definition) is 12. The van der Waals surface area contributed by atoms with Crippen molar-refractivity contribution in [1.29, 1.82) is 0 Å². The first kappa shape index (κ1) is 39.7. The molecule has 0 radical (unpaired) electrons. The van der Waals surface area contributed by atoms with Crippen LogP contribution in [0, 0.1) is 0 Å². The van der Waals surface area contributed by atoms with Crippen molar-refractivity contribution in [1.82, 2.24) is 39.0 Å². The highest BCUT2D eigenvalue weighted by atomic mass is 19.4. The van der Waals surface area contributed by atoms with Crippen molar-refractivity contribution in [2.45, 2.75) is 88.5 Å². The number of anilines is 2. The lowest BCUT2D eigenvalue weighted by Crippen LogP contribution is -2.15. The van der Waals surface area contributed by atoms with Crippen LogP contribution in [0.15, 0.2) is 49.1 Å². The van der Waals surface area contributed by atoms with Crippen molar-refractivity contribution in [2.24, 2.45) is 0 Å². The summed E-state index contributed by atoms with van der Waals surface area (Å²) in [7, 11) is 4.57. The highest BCUT2D eigenvalue weighted by Gasteiger charge is 2.38. The topological polar surface area (TPSA) is 148 Å². The average Bonchev–Trinajstić information content (AvgIpc) is 4.05. The zero-order valence-electron chi connectivity index (χ0n) is 32.2. The van der Waals surface area contributed by atoms with Gasteiger partial charge in [-0.2, -0.15) is 26.3 Å². The van der Waals surface area contributed by atoms with Crippen LogP contribution in [0.1, 0.15) is 68.6 Å². The number of aromatic nitrogens is 8. The Morgan fingerprint density at radius 3 is 1.75 bits per heavy atom. The van der Waals surface area contributed by atoms with E-state index in [-0.39, 0.29) is 46.6 Å². The number of fused-ring (bicyclic) bond motifs is 2. The number of rotatable bonds is 12. The van der Waals surface area contributed by atoms with Crippen LogP contribution in [0.25, 0.3) is 28.0 Å². The van der Waals surface area contributed by atoms with Crippen LogP contribution in [0.3, 0.4) is 0 Å². The zero-order valence-corrected chi connectivity index (χ0v) is 32.2. The standard InChI is InChI=1S/C22H24F3N5O2.C17H16F3N5O2/c1-31-16-9-6-13(10-17(16)32-15-4-2-3-5-15)11-30-12-26-18-19(27-14-7-8-14)28-21(22(23,24)25)29-20(18)30;1-26-11-6-5-10(7-12(11)27-2)25-8-21-13-14(22-9-3-4-9)23-16(17(18,19)20)24-15(13)25/h6,9-10,12,14-15H,2-5,7-8,11H2,1H3,(H,27,28,29);5-9H,3-4H2,1-2H3,(H,22,23,24). The highest BCUT2D eigenvalue weighted by molar-refractivity contribution is 5.85. The van der Waals surface area contributed by atoms with E-state index in [9.17, 15) is 26.3 Å². The molecule has 3 aliphatic rings. The maximum Gasteiger partial charge on any atom is 0.451 e. The first-order valence-corrected chi connectivity index (χ1v) is 19.0. The van der Waals surface area contributed by atoms with Gasteiger partial charge in [0.1, 0.15) is 11.8 Å². The third-order valence-corrected chi connectivity index (χ3v) is 10.0. The van der Waals surface area contributed by atoms with Gasteiger partial charge < -0.3 is 34.1 Å². The molecule has 3 aliphatic carbocycles. The minimum atomic E-state index is -4.67. The second-order valence-corrected chi connectivity index (χ2v) is 14.5. The molecular formula is C39H40F6N10O4. The number of methoxy groups -OCH3 is 3. The Balaban J connectivity index is 0.000000167. The van der Waals surface area contributed by atoms with Crippen LogP contribution < -0.4 is 29.6 Å². The first-order valence-electron chi connectivity index (χ1n) is 19.0. The van der Waals surface area contributed by atoms with Crippen molar-refractivity contribution < 1.29 is 45.3 Å². The molecule has 4 aromatic heterocycles. The fraction of sp³-hybridized carbons (Fsp3) is 0.436. The quantitative estimate of drug-likeness (QED) is 0.115. The van der Waals surface area contributed by atoms with Crippen LogP contribution in [0.5, 0.6) is 23.0 Å². The zero-order chi connectivity index (χ0) is 41.5. The number of benzene rings is 2. The van der Waals surface area contributed by atoms with Gasteiger partial charge in [0.05, 0.1) is 46.0 Å². The molecule has 3 fully saturated rings. The third kappa shape index (κ3) is 8.85. The summed E-state index contributed by atoms with van der Waals surface area (Å²) in [5.74, 6) is 0.0651. The van der Waals surface area contributed by atoms with E-state index in [2.05, 4.69) is 40.5 Å². The van der Waals surface area contributed by atoms with E-state index >= 15 is 0 Å². The van der Waals surface area contributed by atoms with Crippen LogP contribution >= 0.6 is 0 Å². The van der Waals surface area contributed by atoms with Gasteiger partial charge in [-0.15, -0.1) is 0 Å². The fourth-order valence-corrected chi connectivity index (χ4v) is 6.71. The molecule has 0 bridgehead atoms. The number of ether oxygens (including phenoxy) is 4. The average molecular weight is 827 g/mol. The van der Waals surface area contributed by atoms with E-state index in [4.69, 9.17) is 18.9 Å². The molecule has 14 nitrogen and oxygen atoms in total. The molecule has 2 aromatic carbocycles. The van der Waals surface area contributed by atoms with Crippen molar-refractivity contribution in [2.75, 3.05) is 32.0 Å². The molecule has 0 amide bonds. The predicted octanol–water partition coefficient (Wildman–Crippen LogP) is 8.22. The molecule has 20 heteroatoms. The van der Waals surface area contributed by atoms with E-state index in [0.29, 0.717) is 40.7 Å². The van der Waals surface area contributed by atoms with Gasteiger partial charge >= 0.3 is 12.4 Å². The summed E-state index contributed by atoms with van der Waals surface area (Å²) in [6.07, 6.45) is 1.66. The van der Waals surface area contributed by atoms with Gasteiger partial charge in [-0.05, 0) is 81.2 Å². The lowest BCUT2D eigenvalue weighted by atomic mass is 10.2. The Morgan fingerprint density at radius 2 is 1.17 bits per heavy atom. The van der Waals surface area contributed by atoms with Gasteiger partial charge in [0.15, 0.2) is 51.4 Å². The molecule has 0 spiro atoms. The summed E-state index contributed by atoms with van der Waals surface area (Å²) >= 11 is 0. The largest absolute Gasteiger partial charge is 0.493 e. The van der Waals surface area contributed by atoms with Crippen LogP contribution in [-0.2, 0) is 18.9 Å². The normalized spacial score (nSPS) is 15.9. The first-order chi connectivity index (χ1) is 28.3. The van der Waals surface area contributed by atoms with Crippen molar-refractivity contribution in [3.8, 4) is 28.7 Å². The molecule has 3 saturated carbocycles. The van der Waals surface area contributed by atoms with E-state index < -0.39 is 24.0 Å². The summed E-state index contributed by atoms with van der Waals surface area (Å²) in [6, 6.07) is 10.8. The molecule has 312 valence electrons. The Bertz CT molecular complexity index is 2460. The summed E-state index contributed by atoms with van der Waals surface area (Å²) in [5, 5.41) is 6.05. The molecule has 59 heavy (non-hydrogen) atoms. The number of hydrogen-bond donors (Lipinski definition) is 2. The second kappa shape index (κ2) is 15.9. The summed E-state index contributed by atoms with van der Waals surface area (Å²) < 4.78 is 105. The Hall–Kier alpha value is -6.08. The van der Waals surface area contributed by atoms with Crippen LogP contribution in [-0.4, -0.2) is 78.6 Å². The number of nitrogens with one attached hydrogen (secondary N) is 2.